The van der Waals surface area contributed by atoms with Crippen LogP contribution in [-0.2, 0) is 17.2 Å². The third kappa shape index (κ3) is 15.6. The van der Waals surface area contributed by atoms with Crippen LogP contribution in [0.25, 0.3) is 0 Å². The minimum absolute atomic E-state index is 0.312. The highest BCUT2D eigenvalue weighted by molar-refractivity contribution is 6.44. The average Bonchev–Trinajstić information content (AvgIpc) is 2.36. The molecule has 0 aromatic rings. The minimum Gasteiger partial charge on any atom is -0.481 e. The summed E-state index contributed by atoms with van der Waals surface area (Å²) in [6.07, 6.45) is 2.52. The second-order valence-corrected chi connectivity index (χ2v) is 7.04. The largest absolute Gasteiger partial charge is 0.674 e. The van der Waals surface area contributed by atoms with Gasteiger partial charge in [0.05, 0.1) is 0 Å². The van der Waals surface area contributed by atoms with Gasteiger partial charge in [0.25, 0.3) is 0 Å². The van der Waals surface area contributed by atoms with E-state index in [2.05, 4.69) is 34.6 Å². The molecule has 0 rings (SSSR count). The van der Waals surface area contributed by atoms with Crippen molar-refractivity contribution in [3.8, 4) is 0 Å². The number of aliphatic carboxylic acids is 1. The van der Waals surface area contributed by atoms with Crippen molar-refractivity contribution in [3.63, 3.8) is 0 Å². The van der Waals surface area contributed by atoms with Crippen molar-refractivity contribution < 1.29 is 22.3 Å². The molecule has 0 aliphatic carbocycles. The van der Waals surface area contributed by atoms with Crippen LogP contribution < -0.4 is 0 Å². The van der Waals surface area contributed by atoms with E-state index < -0.39 is 20.8 Å². The van der Waals surface area contributed by atoms with E-state index in [1.165, 1.54) is 6.92 Å². The van der Waals surface area contributed by atoms with Gasteiger partial charge in [0, 0.05) is 12.2 Å². The predicted molar refractivity (Wildman–Crippen MR) is 80.8 cm³/mol. The fourth-order valence-electron chi connectivity index (χ4n) is 1.15. The van der Waals surface area contributed by atoms with Crippen LogP contribution in [-0.4, -0.2) is 43.9 Å². The normalized spacial score (nSPS) is 12.9. The van der Waals surface area contributed by atoms with Gasteiger partial charge in [-0.05, 0) is 38.9 Å². The molecule has 0 saturated heterocycles. The molecule has 0 saturated carbocycles. The van der Waals surface area contributed by atoms with Crippen molar-refractivity contribution >= 4 is 26.6 Å². The van der Waals surface area contributed by atoms with Crippen LogP contribution in [0.4, 0.5) is 0 Å². The number of ketones is 1. The van der Waals surface area contributed by atoms with Crippen LogP contribution in [0, 0.1) is 0 Å². The number of hydrogen-bond acceptors (Lipinski definition) is 4. The summed E-state index contributed by atoms with van der Waals surface area (Å²) in [6.45, 7) is 11.9. The van der Waals surface area contributed by atoms with Gasteiger partial charge in [-0.2, -0.15) is 0 Å². The number of Topliss-reactive ketones (excluding diaryl/α,β-unsaturated/α-hetero) is 1. The van der Waals surface area contributed by atoms with Crippen molar-refractivity contribution in [2.75, 3.05) is 0 Å². The molecule has 0 bridgehead atoms. The highest BCUT2D eigenvalue weighted by Crippen LogP contribution is 2.08. The minimum atomic E-state index is -1.36. The first kappa shape index (κ1) is 21.9. The molecule has 0 aromatic heterocycles. The summed E-state index contributed by atoms with van der Waals surface area (Å²) in [5.74, 6) is -1.37. The average molecular weight is 304 g/mol. The van der Waals surface area contributed by atoms with Gasteiger partial charge in [-0.1, -0.05) is 20.8 Å². The SMILES string of the molecule is CC(=O)CC(=O)O.CCC(C)[O][Al]([CH2]C)[O]C(C)CC. The quantitative estimate of drug-likeness (QED) is 0.523. The molecule has 5 nitrogen and oxygen atoms in total. The summed E-state index contributed by atoms with van der Waals surface area (Å²) in [5.41, 5.74) is 0. The molecular weight excluding hydrogens is 275 g/mol. The Kier molecular flexibility index (Phi) is 14.8. The van der Waals surface area contributed by atoms with Crippen LogP contribution in [0.3, 0.4) is 0 Å². The Morgan fingerprint density at radius 2 is 1.45 bits per heavy atom. The van der Waals surface area contributed by atoms with Crippen LogP contribution >= 0.6 is 0 Å². The van der Waals surface area contributed by atoms with Crippen molar-refractivity contribution in [2.45, 2.75) is 78.3 Å². The standard InChI is InChI=1S/C4H6O3.2C4H9O.C2H5.Al/c1-3(5)2-4(6)7;2*1-3-4(2)5;1-2;/h2H2,1H3,(H,6,7);2*4H,3H2,1-2H3;1H2,2H3;/q;2*-1;;+2. The van der Waals surface area contributed by atoms with E-state index >= 15 is 0 Å². The second kappa shape index (κ2) is 13.6. The fraction of sp³-hybridized carbons (Fsp3) is 0.857. The summed E-state index contributed by atoms with van der Waals surface area (Å²) >= 11 is -1.36. The lowest BCUT2D eigenvalue weighted by Gasteiger charge is -2.20. The topological polar surface area (TPSA) is 72.8 Å². The van der Waals surface area contributed by atoms with E-state index in [9.17, 15) is 9.59 Å². The third-order valence-corrected chi connectivity index (χ3v) is 4.85. The molecule has 0 amide bonds. The number of carboxylic acid groups (broad SMARTS) is 1. The summed E-state index contributed by atoms with van der Waals surface area (Å²) in [7, 11) is 0. The zero-order valence-electron chi connectivity index (χ0n) is 13.6. The lowest BCUT2D eigenvalue weighted by atomic mass is 10.3. The molecule has 2 unspecified atom stereocenters. The molecular formula is C14H29AlO5. The maximum atomic E-state index is 9.87. The highest BCUT2D eigenvalue weighted by Gasteiger charge is 2.26. The van der Waals surface area contributed by atoms with Crippen LogP contribution in [0.1, 0.15) is 60.8 Å². The van der Waals surface area contributed by atoms with Gasteiger partial charge in [0.2, 0.25) is 0 Å². The van der Waals surface area contributed by atoms with Crippen LogP contribution in [0.2, 0.25) is 5.28 Å². The molecule has 0 aromatic carbocycles. The Morgan fingerprint density at radius 1 is 1.05 bits per heavy atom. The molecule has 0 fully saturated rings. The lowest BCUT2D eigenvalue weighted by molar-refractivity contribution is -0.139. The molecule has 20 heavy (non-hydrogen) atoms. The van der Waals surface area contributed by atoms with Crippen molar-refractivity contribution in [3.05, 3.63) is 0 Å². The number of carbonyl (C=O) groups is 2. The van der Waals surface area contributed by atoms with Gasteiger partial charge in [0.15, 0.2) is 0 Å². The van der Waals surface area contributed by atoms with Gasteiger partial charge in [-0.15, -0.1) is 0 Å². The number of carboxylic acids is 1. The van der Waals surface area contributed by atoms with Gasteiger partial charge < -0.3 is 12.7 Å². The number of carbonyl (C=O) groups excluding carboxylic acids is 1. The molecule has 2 atom stereocenters. The Morgan fingerprint density at radius 3 is 1.60 bits per heavy atom. The maximum absolute atomic E-state index is 9.87. The van der Waals surface area contributed by atoms with Crippen molar-refractivity contribution in [1.29, 1.82) is 0 Å². The Labute approximate surface area is 127 Å². The molecule has 0 radical (unpaired) electrons. The van der Waals surface area contributed by atoms with Gasteiger partial charge in [0.1, 0.15) is 12.2 Å². The molecule has 0 aliphatic heterocycles. The van der Waals surface area contributed by atoms with Gasteiger partial charge in [-0.25, -0.2) is 0 Å². The van der Waals surface area contributed by atoms with Crippen LogP contribution in [0.15, 0.2) is 0 Å². The number of hydrogen-bond donors (Lipinski definition) is 1. The van der Waals surface area contributed by atoms with Gasteiger partial charge in [-0.3, -0.25) is 9.59 Å². The summed E-state index contributed by atoms with van der Waals surface area (Å²) in [6, 6.07) is 0. The number of rotatable bonds is 9. The van der Waals surface area contributed by atoms with E-state index in [1.54, 1.807) is 0 Å². The summed E-state index contributed by atoms with van der Waals surface area (Å²) in [5, 5.41) is 8.93. The Bertz CT molecular complexity index is 246. The smallest absolute Gasteiger partial charge is 0.481 e. The molecule has 0 aliphatic rings. The Balaban J connectivity index is 0. The van der Waals surface area contributed by atoms with E-state index in [0.717, 1.165) is 18.1 Å². The predicted octanol–water partition coefficient (Wildman–Crippen LogP) is 3.17. The zero-order chi connectivity index (χ0) is 16.1. The molecule has 0 heterocycles. The first-order chi connectivity index (χ1) is 9.26. The summed E-state index contributed by atoms with van der Waals surface area (Å²) in [4.78, 5) is 19.5. The maximum Gasteiger partial charge on any atom is 0.674 e. The first-order valence-electron chi connectivity index (χ1n) is 7.28. The van der Waals surface area contributed by atoms with Gasteiger partial charge >= 0.3 is 20.8 Å². The third-order valence-electron chi connectivity index (χ3n) is 2.65. The Hall–Kier alpha value is -0.408. The molecule has 6 heteroatoms. The fourth-order valence-corrected chi connectivity index (χ4v) is 3.02. The zero-order valence-corrected chi connectivity index (χ0v) is 14.8. The summed E-state index contributed by atoms with van der Waals surface area (Å²) < 4.78 is 11.7. The monoisotopic (exact) mass is 304 g/mol. The lowest BCUT2D eigenvalue weighted by Crippen LogP contribution is -2.30. The first-order valence-corrected chi connectivity index (χ1v) is 9.04. The van der Waals surface area contributed by atoms with Crippen molar-refractivity contribution in [2.24, 2.45) is 0 Å². The van der Waals surface area contributed by atoms with E-state index in [0.29, 0.717) is 12.2 Å². The molecule has 1 N–H and O–H groups in total. The highest BCUT2D eigenvalue weighted by atomic mass is 27.2. The molecule has 118 valence electrons. The van der Waals surface area contributed by atoms with Crippen LogP contribution in [0.5, 0.6) is 0 Å². The van der Waals surface area contributed by atoms with E-state index in [4.69, 9.17) is 12.7 Å². The molecule has 0 spiro atoms. The second-order valence-electron chi connectivity index (χ2n) is 4.82. The van der Waals surface area contributed by atoms with E-state index in [1.807, 2.05) is 0 Å². The van der Waals surface area contributed by atoms with E-state index in [-0.39, 0.29) is 12.2 Å². The van der Waals surface area contributed by atoms with Crippen molar-refractivity contribution in [1.82, 2.24) is 0 Å².